The van der Waals surface area contributed by atoms with E-state index in [9.17, 15) is 14.4 Å². The van der Waals surface area contributed by atoms with E-state index in [1.165, 1.54) is 0 Å². The van der Waals surface area contributed by atoms with Crippen molar-refractivity contribution in [3.05, 3.63) is 57.5 Å². The zero-order valence-corrected chi connectivity index (χ0v) is 20.6. The number of amides is 2. The minimum atomic E-state index is -0.529. The van der Waals surface area contributed by atoms with Crippen molar-refractivity contribution in [3.8, 4) is 11.5 Å². The third kappa shape index (κ3) is 5.79. The lowest BCUT2D eigenvalue weighted by atomic mass is 10.1. The van der Waals surface area contributed by atoms with Gasteiger partial charge in [-0.25, -0.2) is 0 Å². The first-order valence-corrected chi connectivity index (χ1v) is 11.9. The summed E-state index contributed by atoms with van der Waals surface area (Å²) in [4.78, 5) is 41.4. The summed E-state index contributed by atoms with van der Waals surface area (Å²) >= 11 is 0. The van der Waals surface area contributed by atoms with Gasteiger partial charge in [0.25, 0.3) is 11.8 Å². The topological polar surface area (TPSA) is 89.9 Å². The number of pyridine rings is 1. The first-order valence-electron chi connectivity index (χ1n) is 11.9. The van der Waals surface area contributed by atoms with Crippen molar-refractivity contribution in [2.75, 3.05) is 27.3 Å². The maximum absolute atomic E-state index is 13.3. The fourth-order valence-corrected chi connectivity index (χ4v) is 4.09. The van der Waals surface area contributed by atoms with Gasteiger partial charge in [-0.1, -0.05) is 25.8 Å². The molecule has 184 valence electrons. The van der Waals surface area contributed by atoms with Crippen LogP contribution in [0.15, 0.2) is 35.4 Å². The number of ether oxygens (including phenoxy) is 2. The summed E-state index contributed by atoms with van der Waals surface area (Å²) in [6.07, 6.45) is 7.98. The van der Waals surface area contributed by atoms with Gasteiger partial charge in [0.15, 0.2) is 11.5 Å². The van der Waals surface area contributed by atoms with Gasteiger partial charge in [0, 0.05) is 38.1 Å². The Morgan fingerprint density at radius 1 is 1.00 bits per heavy atom. The van der Waals surface area contributed by atoms with E-state index in [0.717, 1.165) is 37.7 Å². The summed E-state index contributed by atoms with van der Waals surface area (Å²) in [5.41, 5.74) is 0.297. The molecule has 8 heteroatoms. The Morgan fingerprint density at radius 3 is 2.26 bits per heavy atom. The molecule has 0 saturated carbocycles. The molecule has 34 heavy (non-hydrogen) atoms. The largest absolute Gasteiger partial charge is 0.493 e. The Bertz CT molecular complexity index is 1070. The molecule has 0 bridgehead atoms. The first-order chi connectivity index (χ1) is 16.4. The fraction of sp³-hybridized carbons (Fsp3) is 0.500. The Labute approximate surface area is 200 Å². The predicted octanol–water partition coefficient (Wildman–Crippen LogP) is 3.78. The summed E-state index contributed by atoms with van der Waals surface area (Å²) in [6.45, 7) is 5.49. The fourth-order valence-electron chi connectivity index (χ4n) is 4.09. The Morgan fingerprint density at radius 2 is 1.65 bits per heavy atom. The van der Waals surface area contributed by atoms with E-state index >= 15 is 0 Å². The highest BCUT2D eigenvalue weighted by Crippen LogP contribution is 2.27. The molecule has 0 spiro atoms. The van der Waals surface area contributed by atoms with E-state index in [2.05, 4.69) is 5.32 Å². The smallest absolute Gasteiger partial charge is 0.259 e. The summed E-state index contributed by atoms with van der Waals surface area (Å²) in [7, 11) is 3.10. The molecule has 2 heterocycles. The quantitative estimate of drug-likeness (QED) is 0.635. The van der Waals surface area contributed by atoms with E-state index in [0.29, 0.717) is 24.6 Å². The molecule has 2 aromatic rings. The van der Waals surface area contributed by atoms with Gasteiger partial charge in [-0.2, -0.15) is 0 Å². The number of likely N-dealkylation sites (tertiary alicyclic amines) is 1. The highest BCUT2D eigenvalue weighted by molar-refractivity contribution is 5.99. The van der Waals surface area contributed by atoms with Crippen LogP contribution in [0.1, 0.15) is 78.3 Å². The van der Waals surface area contributed by atoms with Crippen molar-refractivity contribution < 1.29 is 19.1 Å². The van der Waals surface area contributed by atoms with Crippen molar-refractivity contribution in [2.24, 2.45) is 0 Å². The van der Waals surface area contributed by atoms with Crippen molar-refractivity contribution in [1.82, 2.24) is 14.8 Å². The van der Waals surface area contributed by atoms with Crippen molar-refractivity contribution in [2.45, 2.75) is 58.5 Å². The Hall–Kier alpha value is -3.29. The Balaban J connectivity index is 1.88. The van der Waals surface area contributed by atoms with Crippen LogP contribution >= 0.6 is 0 Å². The van der Waals surface area contributed by atoms with Crippen LogP contribution in [0.5, 0.6) is 11.5 Å². The van der Waals surface area contributed by atoms with Gasteiger partial charge in [-0.05, 0) is 43.9 Å². The van der Waals surface area contributed by atoms with Gasteiger partial charge in [0.1, 0.15) is 11.1 Å². The maximum atomic E-state index is 13.3. The molecule has 1 aliphatic heterocycles. The lowest BCUT2D eigenvalue weighted by Gasteiger charge is -2.22. The van der Waals surface area contributed by atoms with E-state index < -0.39 is 11.3 Å². The van der Waals surface area contributed by atoms with E-state index in [1.807, 2.05) is 19.9 Å². The molecule has 2 amide bonds. The third-order valence-corrected chi connectivity index (χ3v) is 6.41. The number of carbonyl (C=O) groups excluding carboxylic acids is 2. The lowest BCUT2D eigenvalue weighted by molar-refractivity contribution is 0.0759. The molecular weight excluding hydrogens is 434 g/mol. The molecule has 1 aromatic carbocycles. The van der Waals surface area contributed by atoms with Crippen LogP contribution < -0.4 is 20.2 Å². The van der Waals surface area contributed by atoms with E-state index in [4.69, 9.17) is 9.47 Å². The summed E-state index contributed by atoms with van der Waals surface area (Å²) in [5.74, 6) is 0.341. The molecule has 0 unspecified atom stereocenters. The summed E-state index contributed by atoms with van der Waals surface area (Å²) in [6, 6.07) is 5.39. The van der Waals surface area contributed by atoms with Gasteiger partial charge in [-0.3, -0.25) is 14.4 Å². The SMILES string of the molecule is CC[C@@H](C)n1cc(C(=O)NCc2ccc(OC)c(OC)c2)c(=O)c(C(=O)N2CCCCCC2)c1. The number of rotatable bonds is 8. The van der Waals surface area contributed by atoms with Crippen molar-refractivity contribution >= 4 is 11.8 Å². The molecule has 1 aliphatic rings. The van der Waals surface area contributed by atoms with E-state index in [-0.39, 0.29) is 29.6 Å². The molecule has 1 fully saturated rings. The van der Waals surface area contributed by atoms with Crippen LogP contribution in [-0.2, 0) is 6.54 Å². The molecule has 1 aromatic heterocycles. The highest BCUT2D eigenvalue weighted by Gasteiger charge is 2.24. The molecular formula is C26H35N3O5. The third-order valence-electron chi connectivity index (χ3n) is 6.41. The molecule has 1 saturated heterocycles. The number of carbonyl (C=O) groups is 2. The standard InChI is InChI=1S/C26H35N3O5/c1-5-18(2)29-16-20(24(30)21(17-29)26(32)28-12-8-6-7-9-13-28)25(31)27-15-19-10-11-22(33-3)23(14-19)34-4/h10-11,14,16-18H,5-9,12-13,15H2,1-4H3,(H,27,31)/t18-/m1/s1. The number of aromatic nitrogens is 1. The van der Waals surface area contributed by atoms with Gasteiger partial charge < -0.3 is 24.3 Å². The number of methoxy groups -OCH3 is 2. The van der Waals surface area contributed by atoms with Gasteiger partial charge >= 0.3 is 0 Å². The average molecular weight is 470 g/mol. The second-order valence-corrected chi connectivity index (χ2v) is 8.70. The van der Waals surface area contributed by atoms with Crippen molar-refractivity contribution in [3.63, 3.8) is 0 Å². The van der Waals surface area contributed by atoms with Gasteiger partial charge in [0.05, 0.1) is 14.2 Å². The number of benzene rings is 1. The van der Waals surface area contributed by atoms with E-state index in [1.54, 1.807) is 48.2 Å². The van der Waals surface area contributed by atoms with Crippen LogP contribution in [0.3, 0.4) is 0 Å². The number of nitrogens with one attached hydrogen (secondary N) is 1. The summed E-state index contributed by atoms with van der Waals surface area (Å²) in [5, 5.41) is 2.81. The zero-order valence-electron chi connectivity index (χ0n) is 20.6. The lowest BCUT2D eigenvalue weighted by Crippen LogP contribution is -2.38. The normalized spacial score (nSPS) is 14.8. The number of nitrogens with zero attached hydrogens (tertiary/aromatic N) is 2. The number of hydrogen-bond donors (Lipinski definition) is 1. The second kappa shape index (κ2) is 11.7. The van der Waals surface area contributed by atoms with Gasteiger partial charge in [-0.15, -0.1) is 0 Å². The molecule has 1 N–H and O–H groups in total. The Kier molecular flexibility index (Phi) is 8.73. The molecule has 0 radical (unpaired) electrons. The average Bonchev–Trinajstić information content (AvgIpc) is 3.16. The molecule has 8 nitrogen and oxygen atoms in total. The molecule has 3 rings (SSSR count). The number of hydrogen-bond acceptors (Lipinski definition) is 5. The second-order valence-electron chi connectivity index (χ2n) is 8.70. The van der Waals surface area contributed by atoms with Crippen LogP contribution in [-0.4, -0.2) is 48.6 Å². The summed E-state index contributed by atoms with van der Waals surface area (Å²) < 4.78 is 12.4. The van der Waals surface area contributed by atoms with Gasteiger partial charge in [0.2, 0.25) is 5.43 Å². The maximum Gasteiger partial charge on any atom is 0.259 e. The predicted molar refractivity (Wildman–Crippen MR) is 131 cm³/mol. The minimum Gasteiger partial charge on any atom is -0.493 e. The molecule has 0 aliphatic carbocycles. The van der Waals surface area contributed by atoms with Crippen LogP contribution in [0.2, 0.25) is 0 Å². The van der Waals surface area contributed by atoms with Crippen LogP contribution in [0, 0.1) is 0 Å². The monoisotopic (exact) mass is 469 g/mol. The van der Waals surface area contributed by atoms with Crippen LogP contribution in [0.4, 0.5) is 0 Å². The molecule has 1 atom stereocenters. The van der Waals surface area contributed by atoms with Crippen molar-refractivity contribution in [1.29, 1.82) is 0 Å². The first kappa shape index (κ1) is 25.3. The minimum absolute atomic E-state index is 0.0264. The van der Waals surface area contributed by atoms with Crippen LogP contribution in [0.25, 0.3) is 0 Å². The zero-order chi connectivity index (χ0) is 24.7. The highest BCUT2D eigenvalue weighted by atomic mass is 16.5.